The molecule has 0 fully saturated rings. The van der Waals surface area contributed by atoms with E-state index in [4.69, 9.17) is 4.74 Å². The number of amides is 1. The van der Waals surface area contributed by atoms with E-state index in [0.717, 1.165) is 11.4 Å². The first-order valence-corrected chi connectivity index (χ1v) is 8.98. The number of nitrogens with zero attached hydrogens (tertiary/aromatic N) is 5. The molecule has 0 unspecified atom stereocenters. The number of carbonyl (C=O) groups excluding carboxylic acids is 2. The van der Waals surface area contributed by atoms with Gasteiger partial charge in [-0.15, -0.1) is 0 Å². The zero-order chi connectivity index (χ0) is 20.8. The van der Waals surface area contributed by atoms with Gasteiger partial charge in [-0.25, -0.2) is 4.68 Å². The highest BCUT2D eigenvalue weighted by atomic mass is 16.5. The van der Waals surface area contributed by atoms with Crippen molar-refractivity contribution in [3.63, 3.8) is 0 Å². The highest BCUT2D eigenvalue weighted by Crippen LogP contribution is 2.19. The second-order valence-corrected chi connectivity index (χ2v) is 6.38. The normalized spacial score (nSPS) is 10.4. The van der Waals surface area contributed by atoms with Crippen molar-refractivity contribution >= 4 is 17.7 Å². The highest BCUT2D eigenvalue weighted by Gasteiger charge is 2.16. The predicted molar refractivity (Wildman–Crippen MR) is 104 cm³/mol. The molecule has 1 amide bonds. The van der Waals surface area contributed by atoms with Crippen LogP contribution in [-0.2, 0) is 20.9 Å². The van der Waals surface area contributed by atoms with Crippen molar-refractivity contribution in [3.8, 4) is 11.8 Å². The van der Waals surface area contributed by atoms with Gasteiger partial charge in [0.05, 0.1) is 30.5 Å². The summed E-state index contributed by atoms with van der Waals surface area (Å²) in [5.74, 6) is -0.842. The molecule has 1 N–H and O–H groups in total. The Hall–Kier alpha value is -3.93. The third-order valence-corrected chi connectivity index (χ3v) is 4.14. The van der Waals surface area contributed by atoms with Crippen LogP contribution in [0.2, 0.25) is 0 Å². The molecular formula is C20H20N6O3. The number of nitriles is 1. The van der Waals surface area contributed by atoms with Gasteiger partial charge in [0.15, 0.2) is 12.4 Å². The van der Waals surface area contributed by atoms with Gasteiger partial charge < -0.3 is 10.1 Å². The Bertz CT molecular complexity index is 1060. The molecule has 0 saturated carbocycles. The van der Waals surface area contributed by atoms with Gasteiger partial charge in [0.2, 0.25) is 0 Å². The fourth-order valence-corrected chi connectivity index (χ4v) is 2.80. The topological polar surface area (TPSA) is 115 Å². The molecule has 0 aliphatic rings. The molecule has 0 aliphatic carbocycles. The quantitative estimate of drug-likeness (QED) is 0.616. The minimum Gasteiger partial charge on any atom is -0.456 e. The Morgan fingerprint density at radius 1 is 1.24 bits per heavy atom. The van der Waals surface area contributed by atoms with Gasteiger partial charge >= 0.3 is 5.97 Å². The Balaban J connectivity index is 1.57. The van der Waals surface area contributed by atoms with Crippen LogP contribution in [0.4, 0.5) is 5.82 Å². The molecule has 2 heterocycles. The fraction of sp³-hybridized carbons (Fsp3) is 0.250. The first kappa shape index (κ1) is 19.8. The number of benzene rings is 1. The average Bonchev–Trinajstić information content (AvgIpc) is 3.27. The maximum absolute atomic E-state index is 12.2. The van der Waals surface area contributed by atoms with E-state index in [0.29, 0.717) is 12.2 Å². The van der Waals surface area contributed by atoms with Crippen molar-refractivity contribution in [1.29, 1.82) is 5.26 Å². The molecule has 9 nitrogen and oxygen atoms in total. The van der Waals surface area contributed by atoms with Gasteiger partial charge in [-0.2, -0.15) is 15.5 Å². The molecule has 29 heavy (non-hydrogen) atoms. The molecule has 148 valence electrons. The lowest BCUT2D eigenvalue weighted by atomic mass is 10.3. The number of nitrogens with one attached hydrogen (secondary N) is 1. The second-order valence-electron chi connectivity index (χ2n) is 6.38. The average molecular weight is 392 g/mol. The summed E-state index contributed by atoms with van der Waals surface area (Å²) in [4.78, 5) is 24.2. The second kappa shape index (κ2) is 8.84. The van der Waals surface area contributed by atoms with E-state index in [-0.39, 0.29) is 17.8 Å². The first-order valence-electron chi connectivity index (χ1n) is 8.98. The number of aryl methyl sites for hydroxylation is 3. The third kappa shape index (κ3) is 4.87. The molecule has 0 aliphatic heterocycles. The largest absolute Gasteiger partial charge is 0.456 e. The number of ether oxygens (including phenoxy) is 1. The molecule has 1 aromatic carbocycles. The van der Waals surface area contributed by atoms with E-state index in [1.165, 1.54) is 10.9 Å². The molecule has 0 radical (unpaired) electrons. The fourth-order valence-electron chi connectivity index (χ4n) is 2.80. The van der Waals surface area contributed by atoms with Gasteiger partial charge in [0.1, 0.15) is 11.6 Å². The number of carbonyl (C=O) groups is 2. The number of para-hydroxylation sites is 1. The van der Waals surface area contributed by atoms with Gasteiger partial charge in [0, 0.05) is 5.69 Å². The summed E-state index contributed by atoms with van der Waals surface area (Å²) in [6.07, 6.45) is 1.46. The minimum absolute atomic E-state index is 0.0979. The lowest BCUT2D eigenvalue weighted by Gasteiger charge is -2.10. The number of esters is 1. The SMILES string of the molecule is Cc1cc(C)n(CCC(=O)OCC(=O)Nc2c(C#N)cnn2-c2ccccc2)n1. The van der Waals surface area contributed by atoms with Crippen molar-refractivity contribution in [2.75, 3.05) is 11.9 Å². The summed E-state index contributed by atoms with van der Waals surface area (Å²) in [6.45, 7) is 3.70. The molecule has 2 aromatic heterocycles. The Labute approximate surface area is 167 Å². The number of hydrogen-bond acceptors (Lipinski definition) is 6. The van der Waals surface area contributed by atoms with Crippen LogP contribution in [0.25, 0.3) is 5.69 Å². The Morgan fingerprint density at radius 3 is 2.66 bits per heavy atom. The minimum atomic E-state index is -0.557. The molecule has 0 spiro atoms. The van der Waals surface area contributed by atoms with E-state index < -0.39 is 18.5 Å². The maximum Gasteiger partial charge on any atom is 0.308 e. The zero-order valence-corrected chi connectivity index (χ0v) is 16.1. The number of hydrogen-bond donors (Lipinski definition) is 1. The van der Waals surface area contributed by atoms with Crippen LogP contribution >= 0.6 is 0 Å². The van der Waals surface area contributed by atoms with Crippen LogP contribution in [0.3, 0.4) is 0 Å². The van der Waals surface area contributed by atoms with E-state index in [1.54, 1.807) is 16.8 Å². The van der Waals surface area contributed by atoms with Crippen LogP contribution in [0.15, 0.2) is 42.6 Å². The third-order valence-electron chi connectivity index (χ3n) is 4.14. The van der Waals surface area contributed by atoms with Gasteiger partial charge in [-0.3, -0.25) is 14.3 Å². The molecule has 3 rings (SSSR count). The smallest absolute Gasteiger partial charge is 0.308 e. The van der Waals surface area contributed by atoms with E-state index in [1.807, 2.05) is 44.2 Å². The van der Waals surface area contributed by atoms with Gasteiger partial charge in [0.25, 0.3) is 5.91 Å². The van der Waals surface area contributed by atoms with Gasteiger partial charge in [-0.1, -0.05) is 18.2 Å². The van der Waals surface area contributed by atoms with Crippen LogP contribution in [0, 0.1) is 25.2 Å². The van der Waals surface area contributed by atoms with Crippen molar-refractivity contribution in [2.24, 2.45) is 0 Å². The van der Waals surface area contributed by atoms with Gasteiger partial charge in [-0.05, 0) is 32.0 Å². The first-order chi connectivity index (χ1) is 14.0. The maximum atomic E-state index is 12.2. The number of aromatic nitrogens is 4. The summed E-state index contributed by atoms with van der Waals surface area (Å²) in [6, 6.07) is 13.0. The van der Waals surface area contributed by atoms with Crippen LogP contribution < -0.4 is 5.32 Å². The lowest BCUT2D eigenvalue weighted by Crippen LogP contribution is -2.23. The van der Waals surface area contributed by atoms with Crippen LogP contribution in [0.5, 0.6) is 0 Å². The van der Waals surface area contributed by atoms with Crippen molar-refractivity contribution < 1.29 is 14.3 Å². The van der Waals surface area contributed by atoms with Crippen LogP contribution in [-0.4, -0.2) is 38.0 Å². The van der Waals surface area contributed by atoms with E-state index in [9.17, 15) is 14.9 Å². The molecule has 9 heteroatoms. The number of anilines is 1. The molecular weight excluding hydrogens is 372 g/mol. The summed E-state index contributed by atoms with van der Waals surface area (Å²) in [5.41, 5.74) is 2.72. The highest BCUT2D eigenvalue weighted by molar-refractivity contribution is 5.93. The van der Waals surface area contributed by atoms with Crippen molar-refractivity contribution in [1.82, 2.24) is 19.6 Å². The summed E-state index contributed by atoms with van der Waals surface area (Å²) in [5, 5.41) is 20.3. The Kier molecular flexibility index (Phi) is 6.04. The molecule has 3 aromatic rings. The Morgan fingerprint density at radius 2 is 2.00 bits per heavy atom. The van der Waals surface area contributed by atoms with E-state index in [2.05, 4.69) is 15.5 Å². The molecule has 0 saturated heterocycles. The predicted octanol–water partition coefficient (Wildman–Crippen LogP) is 2.13. The molecule has 0 atom stereocenters. The summed E-state index contributed by atoms with van der Waals surface area (Å²) >= 11 is 0. The van der Waals surface area contributed by atoms with Crippen LogP contribution in [0.1, 0.15) is 23.4 Å². The van der Waals surface area contributed by atoms with Crippen molar-refractivity contribution in [2.45, 2.75) is 26.8 Å². The standard InChI is InChI=1S/C20H20N6O3/c1-14-10-15(2)25(24-14)9-8-19(28)29-13-18(27)23-20-16(11-21)12-22-26(20)17-6-4-3-5-7-17/h3-7,10,12H,8-9,13H2,1-2H3,(H,23,27). The molecule has 0 bridgehead atoms. The zero-order valence-electron chi connectivity index (χ0n) is 16.1. The number of rotatable bonds is 7. The summed E-state index contributed by atoms with van der Waals surface area (Å²) < 4.78 is 8.20. The van der Waals surface area contributed by atoms with Crippen molar-refractivity contribution in [3.05, 3.63) is 59.5 Å². The monoisotopic (exact) mass is 392 g/mol. The lowest BCUT2D eigenvalue weighted by molar-refractivity contribution is -0.147. The van der Waals surface area contributed by atoms with E-state index >= 15 is 0 Å². The summed E-state index contributed by atoms with van der Waals surface area (Å²) in [7, 11) is 0.